The van der Waals surface area contributed by atoms with Crippen LogP contribution in [0.25, 0.3) is 0 Å². The number of aliphatic hydroxyl groups excluding tert-OH is 2. The maximum absolute atomic E-state index is 13.3. The molecule has 0 aromatic heterocycles. The summed E-state index contributed by atoms with van der Waals surface area (Å²) in [6, 6.07) is 13.2. The number of aliphatic hydroxyl groups is 2. The molecule has 2 N–H and O–H groups in total. The van der Waals surface area contributed by atoms with Crippen LogP contribution in [0.3, 0.4) is 0 Å². The zero-order chi connectivity index (χ0) is 17.1. The van der Waals surface area contributed by atoms with Crippen LogP contribution in [-0.4, -0.2) is 29.3 Å². The molecule has 0 fully saturated rings. The second kappa shape index (κ2) is 7.11. The van der Waals surface area contributed by atoms with Gasteiger partial charge in [0.05, 0.1) is 12.5 Å². The molecule has 1 heterocycles. The molecule has 2 unspecified atom stereocenters. The normalized spacial score (nSPS) is 18.1. The summed E-state index contributed by atoms with van der Waals surface area (Å²) >= 11 is 0. The molecular weight excluding hydrogens is 309 g/mol. The van der Waals surface area contributed by atoms with Crippen LogP contribution in [0, 0.1) is 11.7 Å². The van der Waals surface area contributed by atoms with Gasteiger partial charge in [-0.1, -0.05) is 30.3 Å². The van der Waals surface area contributed by atoms with Gasteiger partial charge in [-0.25, -0.2) is 4.39 Å². The van der Waals surface area contributed by atoms with Crippen molar-refractivity contribution in [2.75, 3.05) is 18.1 Å². The van der Waals surface area contributed by atoms with E-state index in [0.29, 0.717) is 12.1 Å². The van der Waals surface area contributed by atoms with Crippen molar-refractivity contribution in [1.82, 2.24) is 0 Å². The van der Waals surface area contributed by atoms with Crippen LogP contribution in [0.15, 0.2) is 48.5 Å². The standard InChI is InChI=1S/C19H20FNO3/c20-16-6-3-5-15(9-16)18(23)10-19(24)21-11-13(12-22)8-14-4-1-2-7-17(14)21/h1-7,9,13,18,22-23H,8,10-12H2. The highest BCUT2D eigenvalue weighted by Crippen LogP contribution is 2.31. The van der Waals surface area contributed by atoms with E-state index in [1.54, 1.807) is 11.0 Å². The number of hydrogen-bond donors (Lipinski definition) is 2. The number of halogens is 1. The molecule has 0 radical (unpaired) electrons. The lowest BCUT2D eigenvalue weighted by atomic mass is 9.92. The highest BCUT2D eigenvalue weighted by Gasteiger charge is 2.29. The maximum Gasteiger partial charge on any atom is 0.229 e. The van der Waals surface area contributed by atoms with Gasteiger partial charge >= 0.3 is 0 Å². The molecule has 4 nitrogen and oxygen atoms in total. The van der Waals surface area contributed by atoms with Crippen molar-refractivity contribution >= 4 is 11.6 Å². The quantitative estimate of drug-likeness (QED) is 0.906. The number of hydrogen-bond acceptors (Lipinski definition) is 3. The summed E-state index contributed by atoms with van der Waals surface area (Å²) in [6.45, 7) is 0.423. The molecule has 2 aromatic rings. The highest BCUT2D eigenvalue weighted by molar-refractivity contribution is 5.95. The second-order valence-corrected chi connectivity index (χ2v) is 6.16. The Morgan fingerprint density at radius 2 is 2.04 bits per heavy atom. The monoisotopic (exact) mass is 329 g/mol. The van der Waals surface area contributed by atoms with Crippen LogP contribution in [0.2, 0.25) is 0 Å². The first-order chi connectivity index (χ1) is 11.6. The minimum atomic E-state index is -1.06. The van der Waals surface area contributed by atoms with Crippen molar-refractivity contribution < 1.29 is 19.4 Å². The summed E-state index contributed by atoms with van der Waals surface area (Å²) in [6.07, 6.45) is -0.464. The Morgan fingerprint density at radius 1 is 1.25 bits per heavy atom. The number of rotatable bonds is 4. The van der Waals surface area contributed by atoms with E-state index in [-0.39, 0.29) is 24.9 Å². The molecule has 1 amide bonds. The summed E-state index contributed by atoms with van der Waals surface area (Å²) in [5.74, 6) is -0.699. The number of carbonyl (C=O) groups is 1. The lowest BCUT2D eigenvalue weighted by Gasteiger charge is -2.34. The van der Waals surface area contributed by atoms with Crippen LogP contribution < -0.4 is 4.90 Å². The van der Waals surface area contributed by atoms with Gasteiger partial charge in [-0.2, -0.15) is 0 Å². The van der Waals surface area contributed by atoms with Gasteiger partial charge in [-0.05, 0) is 35.7 Å². The molecule has 24 heavy (non-hydrogen) atoms. The topological polar surface area (TPSA) is 60.8 Å². The van der Waals surface area contributed by atoms with E-state index in [0.717, 1.165) is 17.7 Å². The van der Waals surface area contributed by atoms with E-state index in [2.05, 4.69) is 0 Å². The Morgan fingerprint density at radius 3 is 2.79 bits per heavy atom. The molecule has 0 bridgehead atoms. The lowest BCUT2D eigenvalue weighted by molar-refractivity contribution is -0.120. The molecule has 1 aliphatic rings. The third-order valence-corrected chi connectivity index (χ3v) is 4.39. The SMILES string of the molecule is O=C(CC(O)c1cccc(F)c1)N1CC(CO)Cc2ccccc21. The molecule has 0 saturated heterocycles. The fourth-order valence-electron chi connectivity index (χ4n) is 3.14. The van der Waals surface area contributed by atoms with Crippen molar-refractivity contribution in [2.45, 2.75) is 18.9 Å². The van der Waals surface area contributed by atoms with Gasteiger partial charge in [0.1, 0.15) is 5.82 Å². The zero-order valence-corrected chi connectivity index (χ0v) is 13.2. The predicted octanol–water partition coefficient (Wildman–Crippen LogP) is 2.45. The summed E-state index contributed by atoms with van der Waals surface area (Å²) in [7, 11) is 0. The van der Waals surface area contributed by atoms with Gasteiger partial charge in [-0.15, -0.1) is 0 Å². The molecule has 2 atom stereocenters. The van der Waals surface area contributed by atoms with Crippen molar-refractivity contribution in [2.24, 2.45) is 5.92 Å². The summed E-state index contributed by atoms with van der Waals surface area (Å²) in [5.41, 5.74) is 2.21. The molecule has 1 aliphatic heterocycles. The number of fused-ring (bicyclic) bond motifs is 1. The Kier molecular flexibility index (Phi) is 4.92. The minimum Gasteiger partial charge on any atom is -0.396 e. The minimum absolute atomic E-state index is 0.00453. The third kappa shape index (κ3) is 3.47. The van der Waals surface area contributed by atoms with E-state index in [1.165, 1.54) is 18.2 Å². The van der Waals surface area contributed by atoms with Crippen LogP contribution in [0.5, 0.6) is 0 Å². The van der Waals surface area contributed by atoms with Gasteiger partial charge < -0.3 is 15.1 Å². The Bertz CT molecular complexity index is 734. The average molecular weight is 329 g/mol. The molecule has 3 rings (SSSR count). The number of nitrogens with zero attached hydrogens (tertiary/aromatic N) is 1. The number of anilines is 1. The van der Waals surface area contributed by atoms with Gasteiger partial charge in [0, 0.05) is 24.8 Å². The maximum atomic E-state index is 13.3. The van der Waals surface area contributed by atoms with E-state index in [1.807, 2.05) is 24.3 Å². The van der Waals surface area contributed by atoms with Crippen molar-refractivity contribution in [3.05, 3.63) is 65.5 Å². The number of para-hydroxylation sites is 1. The first-order valence-corrected chi connectivity index (χ1v) is 8.01. The lowest BCUT2D eigenvalue weighted by Crippen LogP contribution is -2.41. The Hall–Kier alpha value is -2.24. The number of benzene rings is 2. The first-order valence-electron chi connectivity index (χ1n) is 8.01. The van der Waals surface area contributed by atoms with Gasteiger partial charge in [0.2, 0.25) is 5.91 Å². The van der Waals surface area contributed by atoms with E-state index in [4.69, 9.17) is 0 Å². The average Bonchev–Trinajstić information content (AvgIpc) is 2.60. The summed E-state index contributed by atoms with van der Waals surface area (Å²) < 4.78 is 13.3. The summed E-state index contributed by atoms with van der Waals surface area (Å²) in [4.78, 5) is 14.3. The largest absolute Gasteiger partial charge is 0.396 e. The fourth-order valence-corrected chi connectivity index (χ4v) is 3.14. The van der Waals surface area contributed by atoms with Crippen molar-refractivity contribution in [3.63, 3.8) is 0 Å². The molecule has 0 spiro atoms. The van der Waals surface area contributed by atoms with E-state index >= 15 is 0 Å². The zero-order valence-electron chi connectivity index (χ0n) is 13.2. The van der Waals surface area contributed by atoms with Crippen LogP contribution in [0.4, 0.5) is 10.1 Å². The van der Waals surface area contributed by atoms with Crippen LogP contribution in [-0.2, 0) is 11.2 Å². The molecule has 0 aliphatic carbocycles. The summed E-state index contributed by atoms with van der Waals surface area (Å²) in [5, 5.41) is 19.7. The molecule has 5 heteroatoms. The third-order valence-electron chi connectivity index (χ3n) is 4.39. The molecule has 2 aromatic carbocycles. The van der Waals surface area contributed by atoms with Gasteiger partial charge in [0.15, 0.2) is 0 Å². The number of amides is 1. The smallest absolute Gasteiger partial charge is 0.229 e. The van der Waals surface area contributed by atoms with E-state index < -0.39 is 11.9 Å². The predicted molar refractivity (Wildman–Crippen MR) is 89.1 cm³/mol. The molecule has 0 saturated carbocycles. The number of carbonyl (C=O) groups excluding carboxylic acids is 1. The Labute approximate surface area is 140 Å². The van der Waals surface area contributed by atoms with Crippen molar-refractivity contribution in [3.8, 4) is 0 Å². The second-order valence-electron chi connectivity index (χ2n) is 6.16. The van der Waals surface area contributed by atoms with Gasteiger partial charge in [0.25, 0.3) is 0 Å². The molecule has 126 valence electrons. The van der Waals surface area contributed by atoms with Crippen LogP contribution in [0.1, 0.15) is 23.7 Å². The highest BCUT2D eigenvalue weighted by atomic mass is 19.1. The Balaban J connectivity index is 1.79. The molecular formula is C19H20FNO3. The first kappa shape index (κ1) is 16.6. The fraction of sp³-hybridized carbons (Fsp3) is 0.316. The van der Waals surface area contributed by atoms with Crippen molar-refractivity contribution in [1.29, 1.82) is 0 Å². The van der Waals surface area contributed by atoms with E-state index in [9.17, 15) is 19.4 Å². The van der Waals surface area contributed by atoms with Gasteiger partial charge in [-0.3, -0.25) is 4.79 Å². The van der Waals surface area contributed by atoms with Crippen LogP contribution >= 0.6 is 0 Å².